The molecule has 0 spiro atoms. The van der Waals surface area contributed by atoms with E-state index in [9.17, 15) is 31.9 Å². The van der Waals surface area contributed by atoms with E-state index in [4.69, 9.17) is 4.74 Å². The third-order valence-corrected chi connectivity index (χ3v) is 10.6. The number of alkyl halides is 4. The molecule has 2 fully saturated rings. The van der Waals surface area contributed by atoms with Crippen molar-refractivity contribution in [3.8, 4) is 0 Å². The first-order valence-electron chi connectivity index (χ1n) is 15.9. The Morgan fingerprint density at radius 1 is 0.896 bits per heavy atom. The van der Waals surface area contributed by atoms with Crippen molar-refractivity contribution in [3.05, 3.63) is 64.1 Å². The van der Waals surface area contributed by atoms with E-state index in [1.165, 1.54) is 35.7 Å². The van der Waals surface area contributed by atoms with E-state index in [1.54, 1.807) is 55.6 Å². The molecule has 2 aliphatic heterocycles. The van der Waals surface area contributed by atoms with Gasteiger partial charge in [0, 0.05) is 52.0 Å². The summed E-state index contributed by atoms with van der Waals surface area (Å²) in [4.78, 5) is 37.4. The predicted octanol–water partition coefficient (Wildman–Crippen LogP) is 9.54. The molecule has 1 radical (unpaired) electrons. The monoisotopic (exact) mass is 775 g/mol. The van der Waals surface area contributed by atoms with E-state index in [0.717, 1.165) is 56.5 Å². The van der Waals surface area contributed by atoms with Crippen LogP contribution >= 0.6 is 39.5 Å². The lowest BCUT2D eigenvalue weighted by molar-refractivity contribution is -0.109. The number of thioether (sulfide) groups is 2. The Morgan fingerprint density at radius 3 is 1.92 bits per heavy atom. The summed E-state index contributed by atoms with van der Waals surface area (Å²) in [5, 5.41) is 0.201. The highest BCUT2D eigenvalue weighted by Crippen LogP contribution is 2.33. The normalized spacial score (nSPS) is 16.0. The summed E-state index contributed by atoms with van der Waals surface area (Å²) in [5.41, 5.74) is -0.334. The van der Waals surface area contributed by atoms with Gasteiger partial charge in [-0.05, 0) is 83.5 Å². The fourth-order valence-corrected chi connectivity index (χ4v) is 7.36. The van der Waals surface area contributed by atoms with Crippen molar-refractivity contribution in [1.82, 2.24) is 9.71 Å². The molecule has 265 valence electrons. The molecular weight excluding hydrogens is 731 g/mol. The maximum Gasteiger partial charge on any atom is 0.410 e. The van der Waals surface area contributed by atoms with Crippen molar-refractivity contribution in [1.29, 1.82) is 0 Å². The van der Waals surface area contributed by atoms with Crippen molar-refractivity contribution in [2.24, 2.45) is 11.8 Å². The van der Waals surface area contributed by atoms with Crippen LogP contribution in [0.2, 0.25) is 0 Å². The summed E-state index contributed by atoms with van der Waals surface area (Å²) in [7, 11) is 1.61. The number of piperidine rings is 2. The minimum Gasteiger partial charge on any atom is -0.444 e. The lowest BCUT2D eigenvalue weighted by Crippen LogP contribution is -2.42. The van der Waals surface area contributed by atoms with Gasteiger partial charge in [0.05, 0.1) is 6.19 Å². The number of likely N-dealkylation sites (tertiary alicyclic amines) is 1. The summed E-state index contributed by atoms with van der Waals surface area (Å²) in [5.74, 6) is 2.80. The Bertz CT molecular complexity index is 1280. The summed E-state index contributed by atoms with van der Waals surface area (Å²) >= 11 is 5.92. The lowest BCUT2D eigenvalue weighted by Gasteiger charge is -2.33. The third-order valence-electron chi connectivity index (χ3n) is 7.48. The first-order chi connectivity index (χ1) is 22.7. The molecule has 0 atom stereocenters. The lowest BCUT2D eigenvalue weighted by atomic mass is 9.88. The molecule has 14 heteroatoms. The van der Waals surface area contributed by atoms with Gasteiger partial charge in [0.1, 0.15) is 5.60 Å². The van der Waals surface area contributed by atoms with Gasteiger partial charge in [0.25, 0.3) is 20.3 Å². The summed E-state index contributed by atoms with van der Waals surface area (Å²) in [6, 6.07) is 13.0. The van der Waals surface area contributed by atoms with Crippen LogP contribution in [0.1, 0.15) is 77.4 Å². The zero-order valence-electron chi connectivity index (χ0n) is 27.9. The zero-order chi connectivity index (χ0) is 35.7. The highest BCUT2D eigenvalue weighted by molar-refractivity contribution is 9.10. The van der Waals surface area contributed by atoms with E-state index in [2.05, 4.69) is 15.9 Å². The van der Waals surface area contributed by atoms with Crippen LogP contribution in [0.25, 0.3) is 0 Å². The molecular formula is C34H45BBrF4N2O4S2. The minimum atomic E-state index is -2.44. The number of carbonyl (C=O) groups is 3. The fraction of sp³-hybridized carbons (Fsp3) is 0.559. The molecule has 0 saturated carbocycles. The van der Waals surface area contributed by atoms with Gasteiger partial charge in [-0.2, -0.15) is 0 Å². The molecule has 0 unspecified atom stereocenters. The van der Waals surface area contributed by atoms with Gasteiger partial charge in [0.15, 0.2) is 5.12 Å². The second kappa shape index (κ2) is 21.9. The van der Waals surface area contributed by atoms with Gasteiger partial charge < -0.3 is 19.2 Å². The molecule has 2 saturated heterocycles. The Kier molecular flexibility index (Phi) is 19.3. The first-order valence-corrected chi connectivity index (χ1v) is 18.6. The zero-order valence-corrected chi connectivity index (χ0v) is 31.1. The summed E-state index contributed by atoms with van der Waals surface area (Å²) < 4.78 is 55.8. The van der Waals surface area contributed by atoms with Crippen LogP contribution < -0.4 is 0 Å². The standard InChI is InChI=1S/C18H25F2NO2S.C9H15BNO2S.C7H5BrF2/c1-18(2,3)23-17(22)21-10-8-13(9-11-21)12-24-15-7-5-4-6-14(15)16(19)20;1-8(13)14-6-9-2-4-11(5-3-9)10-7-12;8-6-4-2-1-3-5(6)7(9)10/h4-7,13,16H,8-12H2,1-3H3;7,9H,2-6H2,1H3;1-4,7H. The number of hydrogen-bond acceptors (Lipinski definition) is 7. The van der Waals surface area contributed by atoms with Crippen molar-refractivity contribution < 1.29 is 36.7 Å². The second-order valence-corrected chi connectivity index (χ2v) is 15.6. The van der Waals surface area contributed by atoms with Crippen molar-refractivity contribution in [2.75, 3.05) is 37.7 Å². The topological polar surface area (TPSA) is 66.9 Å². The van der Waals surface area contributed by atoms with Crippen LogP contribution in [0.5, 0.6) is 0 Å². The summed E-state index contributed by atoms with van der Waals surface area (Å²) in [6.45, 7) is 10.4. The fourth-order valence-electron chi connectivity index (χ4n) is 4.85. The highest BCUT2D eigenvalue weighted by Gasteiger charge is 2.27. The van der Waals surface area contributed by atoms with Crippen LogP contribution in [0.3, 0.4) is 0 Å². The molecule has 0 aliphatic carbocycles. The molecule has 2 aromatic rings. The number of halogens is 5. The molecule has 4 rings (SSSR count). The second-order valence-electron chi connectivity index (χ2n) is 12.4. The number of benzene rings is 2. The van der Waals surface area contributed by atoms with Gasteiger partial charge in [-0.25, -0.2) is 22.4 Å². The molecule has 0 aromatic heterocycles. The SMILES string of the molecule is CC(=O)SCC1CCN([B]C=O)CC1.CC(C)(C)OC(=O)N1CCC(CSc2ccccc2C(F)F)CC1.FC(F)c1ccccc1Br. The highest BCUT2D eigenvalue weighted by atomic mass is 79.9. The van der Waals surface area contributed by atoms with Gasteiger partial charge in [-0.3, -0.25) is 4.79 Å². The number of hydrogen-bond donors (Lipinski definition) is 0. The molecule has 0 N–H and O–H groups in total. The molecule has 0 bridgehead atoms. The average Bonchev–Trinajstić information content (AvgIpc) is 3.04. The predicted molar refractivity (Wildman–Crippen MR) is 192 cm³/mol. The molecule has 48 heavy (non-hydrogen) atoms. The summed E-state index contributed by atoms with van der Waals surface area (Å²) in [6.07, 6.45) is -0.332. The number of nitrogens with zero attached hydrogens (tertiary/aromatic N) is 2. The molecule has 2 aromatic carbocycles. The number of amides is 1. The number of rotatable bonds is 9. The quantitative estimate of drug-likeness (QED) is 0.109. The van der Waals surface area contributed by atoms with E-state index < -0.39 is 18.5 Å². The maximum atomic E-state index is 13.0. The van der Waals surface area contributed by atoms with E-state index >= 15 is 0 Å². The molecule has 6 nitrogen and oxygen atoms in total. The minimum absolute atomic E-state index is 0.0440. The average molecular weight is 777 g/mol. The first kappa shape index (κ1) is 42.1. The smallest absolute Gasteiger partial charge is 0.410 e. The van der Waals surface area contributed by atoms with Gasteiger partial charge in [-0.15, -0.1) is 11.8 Å². The largest absolute Gasteiger partial charge is 0.444 e. The van der Waals surface area contributed by atoms with Crippen LogP contribution in [0.4, 0.5) is 22.4 Å². The van der Waals surface area contributed by atoms with Crippen LogP contribution in [-0.2, 0) is 14.3 Å². The Hall–Kier alpha value is -2.03. The van der Waals surface area contributed by atoms with Crippen molar-refractivity contribution in [2.45, 2.75) is 76.7 Å². The van der Waals surface area contributed by atoms with E-state index in [0.29, 0.717) is 34.3 Å². The Balaban J connectivity index is 0.000000280. The molecule has 2 aliphatic rings. The third kappa shape index (κ3) is 16.6. The van der Waals surface area contributed by atoms with Crippen LogP contribution in [-0.4, -0.2) is 77.8 Å². The molecule has 1 amide bonds. The maximum absolute atomic E-state index is 13.0. The molecule has 2 heterocycles. The van der Waals surface area contributed by atoms with E-state index in [-0.39, 0.29) is 22.3 Å². The number of carbonyl (C=O) groups excluding carboxylic acids is 3. The van der Waals surface area contributed by atoms with Crippen molar-refractivity contribution >= 4 is 64.3 Å². The number of ether oxygens (including phenoxy) is 1. The van der Waals surface area contributed by atoms with E-state index in [1.807, 2.05) is 25.6 Å². The van der Waals surface area contributed by atoms with Crippen LogP contribution in [0.15, 0.2) is 57.9 Å². The Morgan fingerprint density at radius 2 is 1.42 bits per heavy atom. The van der Waals surface area contributed by atoms with Gasteiger partial charge >= 0.3 is 6.09 Å². The van der Waals surface area contributed by atoms with Crippen molar-refractivity contribution in [3.63, 3.8) is 0 Å². The van der Waals surface area contributed by atoms with Gasteiger partial charge in [0.2, 0.25) is 0 Å². The Labute approximate surface area is 299 Å². The van der Waals surface area contributed by atoms with Gasteiger partial charge in [-0.1, -0.05) is 64.1 Å². The van der Waals surface area contributed by atoms with Crippen LogP contribution in [0, 0.1) is 11.8 Å².